The molecule has 0 radical (unpaired) electrons. The summed E-state index contributed by atoms with van der Waals surface area (Å²) in [7, 11) is 0. The molecule has 2 aromatic carbocycles. The van der Waals surface area contributed by atoms with Crippen molar-refractivity contribution in [2.45, 2.75) is 26.8 Å². The molecule has 0 aliphatic carbocycles. The normalized spacial score (nSPS) is 10.3. The van der Waals surface area contributed by atoms with E-state index in [9.17, 15) is 0 Å². The van der Waals surface area contributed by atoms with Crippen LogP contribution in [0.25, 0.3) is 0 Å². The van der Waals surface area contributed by atoms with Gasteiger partial charge in [0.1, 0.15) is 5.75 Å². The fraction of sp³-hybridized carbons (Fsp3) is 0.294. The molecule has 2 nitrogen and oxygen atoms in total. The first-order valence-electron chi connectivity index (χ1n) is 6.97. The highest BCUT2D eigenvalue weighted by Gasteiger charge is 2.05. The predicted octanol–water partition coefficient (Wildman–Crippen LogP) is 5.02. The minimum atomic E-state index is 0.690. The van der Waals surface area contributed by atoms with Crippen molar-refractivity contribution < 1.29 is 4.74 Å². The van der Waals surface area contributed by atoms with E-state index in [1.807, 2.05) is 25.1 Å². The summed E-state index contributed by atoms with van der Waals surface area (Å²) in [5, 5.41) is 3.51. The second-order valence-electron chi connectivity index (χ2n) is 4.55. The zero-order valence-corrected chi connectivity index (χ0v) is 13.5. The van der Waals surface area contributed by atoms with Crippen LogP contribution < -0.4 is 10.1 Å². The van der Waals surface area contributed by atoms with Gasteiger partial charge in [-0.3, -0.25) is 0 Å². The third-order valence-corrected chi connectivity index (χ3v) is 3.68. The highest BCUT2D eigenvalue weighted by molar-refractivity contribution is 9.10. The Hall–Kier alpha value is -1.48. The fourth-order valence-electron chi connectivity index (χ4n) is 2.16. The van der Waals surface area contributed by atoms with Crippen LogP contribution in [0.15, 0.2) is 46.9 Å². The van der Waals surface area contributed by atoms with Crippen molar-refractivity contribution >= 4 is 21.6 Å². The summed E-state index contributed by atoms with van der Waals surface area (Å²) in [6.07, 6.45) is 1.01. The van der Waals surface area contributed by atoms with E-state index in [1.54, 1.807) is 0 Å². The van der Waals surface area contributed by atoms with Gasteiger partial charge in [0.2, 0.25) is 0 Å². The number of ether oxygens (including phenoxy) is 1. The highest BCUT2D eigenvalue weighted by atomic mass is 79.9. The van der Waals surface area contributed by atoms with E-state index < -0.39 is 0 Å². The second-order valence-corrected chi connectivity index (χ2v) is 5.46. The third kappa shape index (κ3) is 3.76. The smallest absolute Gasteiger partial charge is 0.124 e. The SMILES string of the molecule is CCOc1ccccc1CNc1ccc(Br)cc1CC. The Bertz CT molecular complexity index is 569. The van der Waals surface area contributed by atoms with Crippen molar-refractivity contribution in [1.29, 1.82) is 0 Å². The summed E-state index contributed by atoms with van der Waals surface area (Å²) in [6.45, 7) is 5.63. The van der Waals surface area contributed by atoms with Crippen LogP contribution in [-0.2, 0) is 13.0 Å². The molecule has 2 aromatic rings. The number of nitrogens with one attached hydrogen (secondary N) is 1. The van der Waals surface area contributed by atoms with Gasteiger partial charge in [-0.2, -0.15) is 0 Å². The summed E-state index contributed by atoms with van der Waals surface area (Å²) in [5.74, 6) is 0.956. The lowest BCUT2D eigenvalue weighted by molar-refractivity contribution is 0.337. The second kappa shape index (κ2) is 7.34. The topological polar surface area (TPSA) is 21.3 Å². The molecule has 0 spiro atoms. The van der Waals surface area contributed by atoms with Crippen LogP contribution in [0.2, 0.25) is 0 Å². The van der Waals surface area contributed by atoms with E-state index in [0.29, 0.717) is 6.61 Å². The Kier molecular flexibility index (Phi) is 5.48. The molecule has 0 fully saturated rings. The van der Waals surface area contributed by atoms with E-state index in [-0.39, 0.29) is 0 Å². The molecule has 1 N–H and O–H groups in total. The quantitative estimate of drug-likeness (QED) is 0.801. The number of hydrogen-bond acceptors (Lipinski definition) is 2. The molecule has 20 heavy (non-hydrogen) atoms. The molecule has 0 saturated carbocycles. The lowest BCUT2D eigenvalue weighted by Crippen LogP contribution is -2.04. The molecule has 0 amide bonds. The van der Waals surface area contributed by atoms with Gasteiger partial charge in [-0.1, -0.05) is 41.1 Å². The first kappa shape index (κ1) is 14.9. The first-order valence-corrected chi connectivity index (χ1v) is 7.77. The Labute approximate surface area is 129 Å². The minimum Gasteiger partial charge on any atom is -0.494 e. The number of halogens is 1. The first-order chi connectivity index (χ1) is 9.74. The van der Waals surface area contributed by atoms with Gasteiger partial charge >= 0.3 is 0 Å². The van der Waals surface area contributed by atoms with Gasteiger partial charge in [0.05, 0.1) is 6.61 Å². The van der Waals surface area contributed by atoms with Gasteiger partial charge in [-0.05, 0) is 43.2 Å². The maximum absolute atomic E-state index is 5.65. The minimum absolute atomic E-state index is 0.690. The number of anilines is 1. The largest absolute Gasteiger partial charge is 0.494 e. The van der Waals surface area contributed by atoms with E-state index in [4.69, 9.17) is 4.74 Å². The van der Waals surface area contributed by atoms with Crippen LogP contribution in [0.1, 0.15) is 25.0 Å². The molecule has 3 heteroatoms. The molecule has 0 bridgehead atoms. The third-order valence-electron chi connectivity index (χ3n) is 3.19. The molecule has 106 valence electrons. The van der Waals surface area contributed by atoms with E-state index in [0.717, 1.165) is 23.2 Å². The van der Waals surface area contributed by atoms with Gasteiger partial charge in [-0.25, -0.2) is 0 Å². The van der Waals surface area contributed by atoms with Crippen LogP contribution in [0, 0.1) is 0 Å². The van der Waals surface area contributed by atoms with Crippen LogP contribution in [0.5, 0.6) is 5.75 Å². The molecule has 0 atom stereocenters. The Morgan fingerprint density at radius 2 is 1.85 bits per heavy atom. The Morgan fingerprint density at radius 1 is 1.05 bits per heavy atom. The molecule has 0 aromatic heterocycles. The Morgan fingerprint density at radius 3 is 2.60 bits per heavy atom. The maximum atomic E-state index is 5.65. The van der Waals surface area contributed by atoms with Crippen molar-refractivity contribution in [1.82, 2.24) is 0 Å². The lowest BCUT2D eigenvalue weighted by Gasteiger charge is -2.14. The van der Waals surface area contributed by atoms with Crippen molar-refractivity contribution in [3.8, 4) is 5.75 Å². The average molecular weight is 334 g/mol. The van der Waals surface area contributed by atoms with Gasteiger partial charge in [0.25, 0.3) is 0 Å². The van der Waals surface area contributed by atoms with E-state index >= 15 is 0 Å². The fourth-order valence-corrected chi connectivity index (χ4v) is 2.57. The zero-order valence-electron chi connectivity index (χ0n) is 11.9. The van der Waals surface area contributed by atoms with Gasteiger partial charge in [-0.15, -0.1) is 0 Å². The summed E-state index contributed by atoms with van der Waals surface area (Å²) >= 11 is 3.52. The summed E-state index contributed by atoms with van der Waals surface area (Å²) in [4.78, 5) is 0. The van der Waals surface area contributed by atoms with Gasteiger partial charge in [0.15, 0.2) is 0 Å². The van der Waals surface area contributed by atoms with Crippen molar-refractivity contribution in [2.75, 3.05) is 11.9 Å². The van der Waals surface area contributed by atoms with Gasteiger partial charge < -0.3 is 10.1 Å². The standard InChI is InChI=1S/C17H20BrNO/c1-3-13-11-15(18)9-10-16(13)19-12-14-7-5-6-8-17(14)20-4-2/h5-11,19H,3-4,12H2,1-2H3. The molecular weight excluding hydrogens is 314 g/mol. The maximum Gasteiger partial charge on any atom is 0.124 e. The molecule has 2 rings (SSSR count). The lowest BCUT2D eigenvalue weighted by atomic mass is 10.1. The summed E-state index contributed by atoms with van der Waals surface area (Å²) < 4.78 is 6.77. The molecule has 0 aliphatic rings. The molecule has 0 saturated heterocycles. The molecule has 0 aliphatic heterocycles. The Balaban J connectivity index is 2.13. The zero-order chi connectivity index (χ0) is 14.4. The van der Waals surface area contributed by atoms with Crippen molar-refractivity contribution in [2.24, 2.45) is 0 Å². The number of para-hydroxylation sites is 1. The average Bonchev–Trinajstić information content (AvgIpc) is 2.47. The van der Waals surface area contributed by atoms with Gasteiger partial charge in [0, 0.05) is 22.3 Å². The van der Waals surface area contributed by atoms with Crippen molar-refractivity contribution in [3.05, 3.63) is 58.1 Å². The predicted molar refractivity (Wildman–Crippen MR) is 88.5 cm³/mol. The molecule has 0 heterocycles. The number of benzene rings is 2. The number of hydrogen-bond donors (Lipinski definition) is 1. The molecule has 0 unspecified atom stereocenters. The molecular formula is C17H20BrNO. The number of aryl methyl sites for hydroxylation is 1. The number of rotatable bonds is 6. The monoisotopic (exact) mass is 333 g/mol. The van der Waals surface area contributed by atoms with E-state index in [1.165, 1.54) is 16.8 Å². The van der Waals surface area contributed by atoms with Crippen LogP contribution in [-0.4, -0.2) is 6.61 Å². The van der Waals surface area contributed by atoms with Crippen LogP contribution in [0.4, 0.5) is 5.69 Å². The summed E-state index contributed by atoms with van der Waals surface area (Å²) in [6, 6.07) is 14.5. The van der Waals surface area contributed by atoms with Crippen LogP contribution >= 0.6 is 15.9 Å². The van der Waals surface area contributed by atoms with Crippen molar-refractivity contribution in [3.63, 3.8) is 0 Å². The highest BCUT2D eigenvalue weighted by Crippen LogP contribution is 2.24. The van der Waals surface area contributed by atoms with Crippen LogP contribution in [0.3, 0.4) is 0 Å². The van der Waals surface area contributed by atoms with E-state index in [2.05, 4.69) is 52.4 Å². The summed E-state index contributed by atoms with van der Waals surface area (Å²) in [5.41, 5.74) is 3.68.